The molecular weight excluding hydrogens is 292 g/mol. The van der Waals surface area contributed by atoms with E-state index in [4.69, 9.17) is 0 Å². The van der Waals surface area contributed by atoms with Crippen LogP contribution in [0.4, 0.5) is 0 Å². The molecule has 1 fully saturated rings. The molecule has 0 aliphatic carbocycles. The molecule has 4 heteroatoms. The van der Waals surface area contributed by atoms with Gasteiger partial charge in [-0.05, 0) is 62.5 Å². The lowest BCUT2D eigenvalue weighted by atomic mass is 9.98. The van der Waals surface area contributed by atoms with Gasteiger partial charge in [0.15, 0.2) is 0 Å². The van der Waals surface area contributed by atoms with Crippen molar-refractivity contribution in [3.8, 4) is 0 Å². The zero-order chi connectivity index (χ0) is 13.0. The minimum Gasteiger partial charge on any atom is -0.352 e. The van der Waals surface area contributed by atoms with Gasteiger partial charge in [-0.3, -0.25) is 4.79 Å². The molecule has 2 N–H and O–H groups in total. The molecule has 1 saturated heterocycles. The Morgan fingerprint density at radius 1 is 1.39 bits per heavy atom. The summed E-state index contributed by atoms with van der Waals surface area (Å²) in [5, 5.41) is 6.37. The molecule has 0 radical (unpaired) electrons. The van der Waals surface area contributed by atoms with E-state index in [9.17, 15) is 4.79 Å². The Kier molecular flexibility index (Phi) is 4.78. The Balaban J connectivity index is 1.90. The van der Waals surface area contributed by atoms with Crippen LogP contribution in [0.2, 0.25) is 0 Å². The minimum atomic E-state index is 0.0259. The standard InChI is InChI=1S/C14H19BrN2O/c1-10-6-12(8-13(15)7-10)14(18)17-9-11-2-4-16-5-3-11/h6-8,11,16H,2-5,9H2,1H3,(H,17,18). The quantitative estimate of drug-likeness (QED) is 0.900. The second-order valence-corrected chi connectivity index (χ2v) is 5.84. The number of amides is 1. The number of aryl methyl sites for hydroxylation is 1. The molecule has 1 aliphatic rings. The van der Waals surface area contributed by atoms with Crippen molar-refractivity contribution in [1.29, 1.82) is 0 Å². The average molecular weight is 311 g/mol. The van der Waals surface area contributed by atoms with Gasteiger partial charge in [-0.1, -0.05) is 15.9 Å². The molecular formula is C14H19BrN2O. The van der Waals surface area contributed by atoms with E-state index in [0.717, 1.165) is 48.1 Å². The Hall–Kier alpha value is -0.870. The van der Waals surface area contributed by atoms with Crippen molar-refractivity contribution in [2.75, 3.05) is 19.6 Å². The van der Waals surface area contributed by atoms with Gasteiger partial charge in [0.05, 0.1) is 0 Å². The van der Waals surface area contributed by atoms with E-state index in [0.29, 0.717) is 5.92 Å². The van der Waals surface area contributed by atoms with Crippen LogP contribution in [0.25, 0.3) is 0 Å². The fourth-order valence-corrected chi connectivity index (χ4v) is 2.90. The van der Waals surface area contributed by atoms with E-state index in [1.54, 1.807) is 0 Å². The largest absolute Gasteiger partial charge is 0.352 e. The Labute approximate surface area is 116 Å². The molecule has 0 aromatic heterocycles. The second-order valence-electron chi connectivity index (χ2n) is 4.92. The van der Waals surface area contributed by atoms with Gasteiger partial charge in [-0.15, -0.1) is 0 Å². The van der Waals surface area contributed by atoms with E-state index in [1.165, 1.54) is 0 Å². The molecule has 98 valence electrons. The summed E-state index contributed by atoms with van der Waals surface area (Å²) in [7, 11) is 0. The molecule has 0 bridgehead atoms. The van der Waals surface area contributed by atoms with Gasteiger partial charge in [0, 0.05) is 16.6 Å². The number of nitrogens with one attached hydrogen (secondary N) is 2. The summed E-state index contributed by atoms with van der Waals surface area (Å²) < 4.78 is 0.953. The molecule has 0 spiro atoms. The Morgan fingerprint density at radius 3 is 2.78 bits per heavy atom. The predicted molar refractivity (Wildman–Crippen MR) is 76.8 cm³/mol. The monoisotopic (exact) mass is 310 g/mol. The molecule has 1 amide bonds. The predicted octanol–water partition coefficient (Wildman–Crippen LogP) is 2.49. The van der Waals surface area contributed by atoms with Gasteiger partial charge in [0.1, 0.15) is 0 Å². The molecule has 3 nitrogen and oxygen atoms in total. The van der Waals surface area contributed by atoms with E-state index in [1.807, 2.05) is 25.1 Å². The summed E-state index contributed by atoms with van der Waals surface area (Å²) in [6, 6.07) is 5.79. The summed E-state index contributed by atoms with van der Waals surface area (Å²) in [6.45, 7) is 4.91. The van der Waals surface area contributed by atoms with Crippen molar-refractivity contribution < 1.29 is 4.79 Å². The molecule has 1 aromatic carbocycles. The highest BCUT2D eigenvalue weighted by atomic mass is 79.9. The van der Waals surface area contributed by atoms with Gasteiger partial charge in [0.2, 0.25) is 0 Å². The number of carbonyl (C=O) groups is 1. The number of hydrogen-bond acceptors (Lipinski definition) is 2. The smallest absolute Gasteiger partial charge is 0.251 e. The van der Waals surface area contributed by atoms with E-state index < -0.39 is 0 Å². The average Bonchev–Trinajstić information content (AvgIpc) is 2.36. The third-order valence-corrected chi connectivity index (χ3v) is 3.77. The molecule has 0 atom stereocenters. The number of halogens is 1. The van der Waals surface area contributed by atoms with Crippen LogP contribution in [-0.2, 0) is 0 Å². The highest BCUT2D eigenvalue weighted by Crippen LogP contribution is 2.16. The SMILES string of the molecule is Cc1cc(Br)cc(C(=O)NCC2CCNCC2)c1. The number of rotatable bonds is 3. The van der Waals surface area contributed by atoms with Crippen molar-refractivity contribution in [3.63, 3.8) is 0 Å². The van der Waals surface area contributed by atoms with Crippen LogP contribution >= 0.6 is 15.9 Å². The van der Waals surface area contributed by atoms with Crippen LogP contribution < -0.4 is 10.6 Å². The summed E-state index contributed by atoms with van der Waals surface area (Å²) in [5.41, 5.74) is 1.83. The van der Waals surface area contributed by atoms with Crippen LogP contribution in [0.15, 0.2) is 22.7 Å². The lowest BCUT2D eigenvalue weighted by molar-refractivity contribution is 0.0944. The zero-order valence-electron chi connectivity index (χ0n) is 10.6. The summed E-state index contributed by atoms with van der Waals surface area (Å²) in [4.78, 5) is 12.0. The van der Waals surface area contributed by atoms with E-state index >= 15 is 0 Å². The number of piperidine rings is 1. The van der Waals surface area contributed by atoms with Gasteiger partial charge >= 0.3 is 0 Å². The van der Waals surface area contributed by atoms with Crippen molar-refractivity contribution in [2.24, 2.45) is 5.92 Å². The first-order valence-electron chi connectivity index (χ1n) is 6.41. The minimum absolute atomic E-state index is 0.0259. The molecule has 2 rings (SSSR count). The van der Waals surface area contributed by atoms with Crippen LogP contribution in [0.3, 0.4) is 0 Å². The third kappa shape index (κ3) is 3.82. The maximum atomic E-state index is 12.0. The third-order valence-electron chi connectivity index (χ3n) is 3.31. The topological polar surface area (TPSA) is 41.1 Å². The van der Waals surface area contributed by atoms with E-state index in [2.05, 4.69) is 26.6 Å². The molecule has 0 unspecified atom stereocenters. The van der Waals surface area contributed by atoms with Gasteiger partial charge in [0.25, 0.3) is 5.91 Å². The van der Waals surface area contributed by atoms with Crippen LogP contribution in [0.5, 0.6) is 0 Å². The molecule has 18 heavy (non-hydrogen) atoms. The maximum Gasteiger partial charge on any atom is 0.251 e. The normalized spacial score (nSPS) is 16.6. The van der Waals surface area contributed by atoms with Crippen LogP contribution in [0.1, 0.15) is 28.8 Å². The first kappa shape index (κ1) is 13.6. The molecule has 0 saturated carbocycles. The Bertz CT molecular complexity index is 408. The van der Waals surface area contributed by atoms with Crippen molar-refractivity contribution >= 4 is 21.8 Å². The zero-order valence-corrected chi connectivity index (χ0v) is 12.2. The highest BCUT2D eigenvalue weighted by molar-refractivity contribution is 9.10. The van der Waals surface area contributed by atoms with Crippen molar-refractivity contribution in [3.05, 3.63) is 33.8 Å². The fraction of sp³-hybridized carbons (Fsp3) is 0.500. The molecule has 1 aliphatic heterocycles. The van der Waals surface area contributed by atoms with E-state index in [-0.39, 0.29) is 5.91 Å². The van der Waals surface area contributed by atoms with Gasteiger partial charge < -0.3 is 10.6 Å². The number of carbonyl (C=O) groups excluding carboxylic acids is 1. The lowest BCUT2D eigenvalue weighted by Gasteiger charge is -2.22. The second kappa shape index (κ2) is 6.34. The fourth-order valence-electron chi connectivity index (χ4n) is 2.29. The highest BCUT2D eigenvalue weighted by Gasteiger charge is 2.14. The summed E-state index contributed by atoms with van der Waals surface area (Å²) >= 11 is 3.42. The van der Waals surface area contributed by atoms with Crippen molar-refractivity contribution in [1.82, 2.24) is 10.6 Å². The first-order valence-corrected chi connectivity index (χ1v) is 7.20. The van der Waals surface area contributed by atoms with Gasteiger partial charge in [-0.25, -0.2) is 0 Å². The lowest BCUT2D eigenvalue weighted by Crippen LogP contribution is -2.36. The first-order chi connectivity index (χ1) is 8.65. The number of hydrogen-bond donors (Lipinski definition) is 2. The van der Waals surface area contributed by atoms with Crippen LogP contribution in [-0.4, -0.2) is 25.5 Å². The summed E-state index contributed by atoms with van der Waals surface area (Å²) in [5.74, 6) is 0.640. The van der Waals surface area contributed by atoms with Crippen molar-refractivity contribution in [2.45, 2.75) is 19.8 Å². The maximum absolute atomic E-state index is 12.0. The van der Waals surface area contributed by atoms with Gasteiger partial charge in [-0.2, -0.15) is 0 Å². The Morgan fingerprint density at radius 2 is 2.11 bits per heavy atom. The molecule has 1 aromatic rings. The summed E-state index contributed by atoms with van der Waals surface area (Å²) in [6.07, 6.45) is 2.30. The van der Waals surface area contributed by atoms with Crippen LogP contribution in [0, 0.1) is 12.8 Å². The number of benzene rings is 1. The molecule has 1 heterocycles.